The van der Waals surface area contributed by atoms with Crippen LogP contribution >= 0.6 is 11.6 Å². The predicted molar refractivity (Wildman–Crippen MR) is 52.9 cm³/mol. The zero-order chi connectivity index (χ0) is 10.1. The van der Waals surface area contributed by atoms with Crippen LogP contribution in [-0.2, 0) is 0 Å². The van der Waals surface area contributed by atoms with E-state index in [2.05, 4.69) is 5.10 Å². The first-order chi connectivity index (χ1) is 6.66. The average molecular weight is 212 g/mol. The zero-order valence-electron chi connectivity index (χ0n) is 7.11. The summed E-state index contributed by atoms with van der Waals surface area (Å²) < 4.78 is 14.5. The van der Waals surface area contributed by atoms with Crippen LogP contribution in [0.5, 0.6) is 0 Å². The van der Waals surface area contributed by atoms with Crippen molar-refractivity contribution in [1.82, 2.24) is 9.78 Å². The molecule has 0 atom stereocenters. The topological polar surface area (TPSA) is 43.8 Å². The van der Waals surface area contributed by atoms with Gasteiger partial charge in [-0.2, -0.15) is 5.10 Å². The standard InChI is InChI=1S/C9H7ClFN3/c10-7-2-1-6(5-8(7)11)14-4-3-9(12)13-14/h1-5H,(H2,12,13). The number of nitrogens with zero attached hydrogens (tertiary/aromatic N) is 2. The fraction of sp³-hybridized carbons (Fsp3) is 0. The smallest absolute Gasteiger partial charge is 0.145 e. The molecule has 2 N–H and O–H groups in total. The molecule has 14 heavy (non-hydrogen) atoms. The van der Waals surface area contributed by atoms with E-state index in [1.54, 1.807) is 18.3 Å². The van der Waals surface area contributed by atoms with Gasteiger partial charge in [-0.25, -0.2) is 9.07 Å². The third kappa shape index (κ3) is 1.56. The highest BCUT2D eigenvalue weighted by Gasteiger charge is 2.03. The summed E-state index contributed by atoms with van der Waals surface area (Å²) in [6.45, 7) is 0. The van der Waals surface area contributed by atoms with Gasteiger partial charge in [-0.05, 0) is 12.1 Å². The maximum Gasteiger partial charge on any atom is 0.145 e. The normalized spacial score (nSPS) is 10.4. The van der Waals surface area contributed by atoms with Gasteiger partial charge < -0.3 is 5.73 Å². The summed E-state index contributed by atoms with van der Waals surface area (Å²) in [5.74, 6) is -0.0846. The van der Waals surface area contributed by atoms with Gasteiger partial charge in [0, 0.05) is 18.3 Å². The van der Waals surface area contributed by atoms with E-state index >= 15 is 0 Å². The number of aromatic nitrogens is 2. The molecule has 3 nitrogen and oxygen atoms in total. The SMILES string of the molecule is Nc1ccn(-c2ccc(Cl)c(F)c2)n1. The number of rotatable bonds is 1. The molecule has 0 fully saturated rings. The molecule has 1 aromatic heterocycles. The zero-order valence-corrected chi connectivity index (χ0v) is 7.87. The molecule has 0 radical (unpaired) electrons. The lowest BCUT2D eigenvalue weighted by Gasteiger charge is -2.01. The van der Waals surface area contributed by atoms with E-state index in [0.29, 0.717) is 11.5 Å². The molecule has 2 rings (SSSR count). The van der Waals surface area contributed by atoms with Crippen LogP contribution in [0.1, 0.15) is 0 Å². The Hall–Kier alpha value is -1.55. The van der Waals surface area contributed by atoms with Crippen molar-refractivity contribution in [2.24, 2.45) is 0 Å². The second kappa shape index (κ2) is 3.31. The van der Waals surface area contributed by atoms with Gasteiger partial charge in [0.25, 0.3) is 0 Å². The fourth-order valence-corrected chi connectivity index (χ4v) is 1.23. The average Bonchev–Trinajstić information content (AvgIpc) is 2.57. The van der Waals surface area contributed by atoms with Gasteiger partial charge in [-0.15, -0.1) is 0 Å². The fourth-order valence-electron chi connectivity index (χ4n) is 1.11. The summed E-state index contributed by atoms with van der Waals surface area (Å²) in [7, 11) is 0. The number of anilines is 1. The summed E-state index contributed by atoms with van der Waals surface area (Å²) in [6.07, 6.45) is 1.65. The largest absolute Gasteiger partial charge is 0.382 e. The molecular formula is C9H7ClFN3. The minimum absolute atomic E-state index is 0.0916. The third-order valence-electron chi connectivity index (χ3n) is 1.78. The molecule has 0 unspecified atom stereocenters. The van der Waals surface area contributed by atoms with Crippen molar-refractivity contribution in [3.63, 3.8) is 0 Å². The number of nitrogens with two attached hydrogens (primary N) is 1. The quantitative estimate of drug-likeness (QED) is 0.786. The van der Waals surface area contributed by atoms with E-state index in [-0.39, 0.29) is 5.02 Å². The van der Waals surface area contributed by atoms with Crippen molar-refractivity contribution < 1.29 is 4.39 Å². The van der Waals surface area contributed by atoms with Crippen LogP contribution in [0.25, 0.3) is 5.69 Å². The highest BCUT2D eigenvalue weighted by molar-refractivity contribution is 6.30. The van der Waals surface area contributed by atoms with Crippen molar-refractivity contribution in [3.8, 4) is 5.69 Å². The molecular weight excluding hydrogens is 205 g/mol. The van der Waals surface area contributed by atoms with E-state index in [4.69, 9.17) is 17.3 Å². The summed E-state index contributed by atoms with van der Waals surface area (Å²) in [6, 6.07) is 6.07. The molecule has 2 aromatic rings. The molecule has 1 aromatic carbocycles. The first-order valence-electron chi connectivity index (χ1n) is 3.93. The molecule has 0 aliphatic carbocycles. The van der Waals surface area contributed by atoms with Crippen molar-refractivity contribution in [2.45, 2.75) is 0 Å². The van der Waals surface area contributed by atoms with Crippen LogP contribution in [0.2, 0.25) is 5.02 Å². The van der Waals surface area contributed by atoms with Gasteiger partial charge in [-0.1, -0.05) is 11.6 Å². The van der Waals surface area contributed by atoms with Crippen LogP contribution in [0.3, 0.4) is 0 Å². The number of halogens is 2. The Labute approximate surface area is 84.9 Å². The lowest BCUT2D eigenvalue weighted by Crippen LogP contribution is -1.96. The molecule has 5 heteroatoms. The van der Waals surface area contributed by atoms with Crippen molar-refractivity contribution in [1.29, 1.82) is 0 Å². The molecule has 0 saturated carbocycles. The number of hydrogen-bond donors (Lipinski definition) is 1. The van der Waals surface area contributed by atoms with Gasteiger partial charge in [0.2, 0.25) is 0 Å². The molecule has 72 valence electrons. The summed E-state index contributed by atoms with van der Waals surface area (Å²) in [4.78, 5) is 0. The van der Waals surface area contributed by atoms with Crippen LogP contribution in [0.15, 0.2) is 30.5 Å². The maximum atomic E-state index is 13.1. The van der Waals surface area contributed by atoms with Crippen molar-refractivity contribution in [2.75, 3.05) is 5.73 Å². The van der Waals surface area contributed by atoms with E-state index in [9.17, 15) is 4.39 Å². The number of benzene rings is 1. The molecule has 0 bridgehead atoms. The monoisotopic (exact) mass is 211 g/mol. The second-order valence-electron chi connectivity index (χ2n) is 2.78. The summed E-state index contributed by atoms with van der Waals surface area (Å²) in [5, 5.41) is 4.03. The Morgan fingerprint density at radius 2 is 2.14 bits per heavy atom. The molecule has 0 saturated heterocycles. The van der Waals surface area contributed by atoms with Crippen LogP contribution in [0.4, 0.5) is 10.2 Å². The Morgan fingerprint density at radius 1 is 1.36 bits per heavy atom. The summed E-state index contributed by atoms with van der Waals surface area (Å²) in [5.41, 5.74) is 6.02. The minimum atomic E-state index is -0.474. The number of nitrogen functional groups attached to an aromatic ring is 1. The van der Waals surface area contributed by atoms with E-state index in [1.165, 1.54) is 16.8 Å². The van der Waals surface area contributed by atoms with Crippen LogP contribution in [0, 0.1) is 5.82 Å². The molecule has 1 heterocycles. The lowest BCUT2D eigenvalue weighted by molar-refractivity contribution is 0.626. The van der Waals surface area contributed by atoms with Gasteiger partial charge in [0.1, 0.15) is 11.6 Å². The lowest BCUT2D eigenvalue weighted by atomic mass is 10.3. The van der Waals surface area contributed by atoms with E-state index in [0.717, 1.165) is 0 Å². The summed E-state index contributed by atoms with van der Waals surface area (Å²) >= 11 is 5.54. The first-order valence-corrected chi connectivity index (χ1v) is 4.31. The van der Waals surface area contributed by atoms with E-state index < -0.39 is 5.82 Å². The van der Waals surface area contributed by atoms with Crippen LogP contribution in [-0.4, -0.2) is 9.78 Å². The Bertz CT molecular complexity index is 467. The van der Waals surface area contributed by atoms with Gasteiger partial charge in [-0.3, -0.25) is 0 Å². The van der Waals surface area contributed by atoms with Gasteiger partial charge in [0.05, 0.1) is 10.7 Å². The Kier molecular flexibility index (Phi) is 2.13. The van der Waals surface area contributed by atoms with Gasteiger partial charge >= 0.3 is 0 Å². The molecule has 0 amide bonds. The minimum Gasteiger partial charge on any atom is -0.382 e. The van der Waals surface area contributed by atoms with Crippen molar-refractivity contribution in [3.05, 3.63) is 41.3 Å². The highest BCUT2D eigenvalue weighted by atomic mass is 35.5. The third-order valence-corrected chi connectivity index (χ3v) is 2.08. The number of hydrogen-bond acceptors (Lipinski definition) is 2. The van der Waals surface area contributed by atoms with Gasteiger partial charge in [0.15, 0.2) is 0 Å². The van der Waals surface area contributed by atoms with Crippen LogP contribution < -0.4 is 5.73 Å². The Morgan fingerprint density at radius 3 is 2.71 bits per heavy atom. The maximum absolute atomic E-state index is 13.1. The first kappa shape index (κ1) is 9.02. The predicted octanol–water partition coefficient (Wildman–Crippen LogP) is 2.25. The molecule has 0 aliphatic rings. The van der Waals surface area contributed by atoms with E-state index in [1.807, 2.05) is 0 Å². The Balaban J connectivity index is 2.47. The second-order valence-corrected chi connectivity index (χ2v) is 3.19. The molecule has 0 spiro atoms. The molecule has 0 aliphatic heterocycles. The van der Waals surface area contributed by atoms with Crippen molar-refractivity contribution >= 4 is 17.4 Å². The highest BCUT2D eigenvalue weighted by Crippen LogP contribution is 2.18.